The third kappa shape index (κ3) is 2.81. The maximum absolute atomic E-state index is 11.8. The predicted molar refractivity (Wildman–Crippen MR) is 64.8 cm³/mol. The van der Waals surface area contributed by atoms with Crippen molar-refractivity contribution in [3.8, 4) is 0 Å². The van der Waals surface area contributed by atoms with Gasteiger partial charge in [-0.25, -0.2) is 0 Å². The van der Waals surface area contributed by atoms with Gasteiger partial charge in [0.25, 0.3) is 0 Å². The SMILES string of the molecule is Nc1cc(Br)ccc1C(=O)CCC1CC1. The minimum Gasteiger partial charge on any atom is -0.398 e. The molecule has 80 valence electrons. The molecule has 1 aromatic carbocycles. The lowest BCUT2D eigenvalue weighted by atomic mass is 10.0. The molecular weight excluding hydrogens is 254 g/mol. The number of rotatable bonds is 4. The molecule has 0 spiro atoms. The molecule has 0 aromatic heterocycles. The molecular formula is C12H14BrNO. The molecule has 0 atom stereocenters. The summed E-state index contributed by atoms with van der Waals surface area (Å²) in [6.07, 6.45) is 4.25. The highest BCUT2D eigenvalue weighted by Gasteiger charge is 2.22. The van der Waals surface area contributed by atoms with Gasteiger partial charge in [0.1, 0.15) is 0 Å². The number of halogens is 1. The molecule has 2 N–H and O–H groups in total. The van der Waals surface area contributed by atoms with Crippen molar-refractivity contribution in [1.82, 2.24) is 0 Å². The van der Waals surface area contributed by atoms with Gasteiger partial charge in [0.15, 0.2) is 5.78 Å². The molecule has 0 unspecified atom stereocenters. The van der Waals surface area contributed by atoms with Crippen molar-refractivity contribution < 1.29 is 4.79 Å². The average Bonchev–Trinajstić information content (AvgIpc) is 2.97. The highest BCUT2D eigenvalue weighted by atomic mass is 79.9. The number of hydrogen-bond donors (Lipinski definition) is 1. The first-order valence-electron chi connectivity index (χ1n) is 5.25. The van der Waals surface area contributed by atoms with E-state index >= 15 is 0 Å². The van der Waals surface area contributed by atoms with E-state index in [4.69, 9.17) is 5.73 Å². The third-order valence-corrected chi connectivity index (χ3v) is 3.28. The molecule has 2 rings (SSSR count). The second-order valence-corrected chi connectivity index (χ2v) is 5.05. The molecule has 0 saturated heterocycles. The largest absolute Gasteiger partial charge is 0.398 e. The van der Waals surface area contributed by atoms with E-state index in [1.54, 1.807) is 12.1 Å². The summed E-state index contributed by atoms with van der Waals surface area (Å²) in [5.41, 5.74) is 7.03. The Morgan fingerprint density at radius 3 is 2.80 bits per heavy atom. The molecule has 1 aliphatic carbocycles. The smallest absolute Gasteiger partial charge is 0.164 e. The molecule has 15 heavy (non-hydrogen) atoms. The first-order chi connectivity index (χ1) is 7.16. The molecule has 1 saturated carbocycles. The molecule has 1 aliphatic rings. The van der Waals surface area contributed by atoms with Crippen molar-refractivity contribution >= 4 is 27.4 Å². The highest BCUT2D eigenvalue weighted by molar-refractivity contribution is 9.10. The maximum Gasteiger partial charge on any atom is 0.164 e. The van der Waals surface area contributed by atoms with Gasteiger partial charge in [-0.05, 0) is 30.5 Å². The standard InChI is InChI=1S/C12H14BrNO/c13-9-4-5-10(11(14)7-9)12(15)6-3-8-1-2-8/h4-5,7-8H,1-3,6,14H2. The molecule has 0 heterocycles. The van der Waals surface area contributed by atoms with Crippen LogP contribution in [0.25, 0.3) is 0 Å². The Bertz CT molecular complexity index is 385. The van der Waals surface area contributed by atoms with Crippen molar-refractivity contribution in [2.24, 2.45) is 5.92 Å². The Balaban J connectivity index is 2.03. The van der Waals surface area contributed by atoms with Crippen LogP contribution in [0.2, 0.25) is 0 Å². The first-order valence-corrected chi connectivity index (χ1v) is 6.04. The van der Waals surface area contributed by atoms with Crippen LogP contribution in [-0.4, -0.2) is 5.78 Å². The van der Waals surface area contributed by atoms with Crippen LogP contribution in [0.4, 0.5) is 5.69 Å². The van der Waals surface area contributed by atoms with Gasteiger partial charge in [0.2, 0.25) is 0 Å². The molecule has 0 amide bonds. The summed E-state index contributed by atoms with van der Waals surface area (Å²) in [5, 5.41) is 0. The van der Waals surface area contributed by atoms with Crippen LogP contribution in [0.1, 0.15) is 36.0 Å². The fraction of sp³-hybridized carbons (Fsp3) is 0.417. The Morgan fingerprint density at radius 2 is 2.20 bits per heavy atom. The van der Waals surface area contributed by atoms with Gasteiger partial charge >= 0.3 is 0 Å². The number of nitrogens with two attached hydrogens (primary N) is 1. The summed E-state index contributed by atoms with van der Waals surface area (Å²) in [7, 11) is 0. The maximum atomic E-state index is 11.8. The van der Waals surface area contributed by atoms with E-state index in [1.165, 1.54) is 12.8 Å². The fourth-order valence-corrected chi connectivity index (χ4v) is 2.04. The number of carbonyl (C=O) groups is 1. The van der Waals surface area contributed by atoms with E-state index in [-0.39, 0.29) is 5.78 Å². The summed E-state index contributed by atoms with van der Waals surface area (Å²) < 4.78 is 0.916. The molecule has 2 nitrogen and oxygen atoms in total. The van der Waals surface area contributed by atoms with Crippen LogP contribution >= 0.6 is 15.9 Å². The number of Topliss-reactive ketones (excluding diaryl/α,β-unsaturated/α-hetero) is 1. The van der Waals surface area contributed by atoms with Crippen LogP contribution in [0, 0.1) is 5.92 Å². The van der Waals surface area contributed by atoms with E-state index in [2.05, 4.69) is 15.9 Å². The van der Waals surface area contributed by atoms with Crippen molar-refractivity contribution in [2.75, 3.05) is 5.73 Å². The first kappa shape index (κ1) is 10.7. The number of nitrogen functional groups attached to an aromatic ring is 1. The number of anilines is 1. The molecule has 0 bridgehead atoms. The second-order valence-electron chi connectivity index (χ2n) is 4.14. The normalized spacial score (nSPS) is 15.3. The van der Waals surface area contributed by atoms with Gasteiger partial charge in [0, 0.05) is 22.1 Å². The monoisotopic (exact) mass is 267 g/mol. The van der Waals surface area contributed by atoms with Crippen molar-refractivity contribution in [2.45, 2.75) is 25.7 Å². The number of benzene rings is 1. The van der Waals surface area contributed by atoms with Gasteiger partial charge < -0.3 is 5.73 Å². The lowest BCUT2D eigenvalue weighted by Crippen LogP contribution is -2.03. The average molecular weight is 268 g/mol. The minimum absolute atomic E-state index is 0.173. The van der Waals surface area contributed by atoms with Crippen LogP contribution < -0.4 is 5.73 Å². The molecule has 3 heteroatoms. The summed E-state index contributed by atoms with van der Waals surface area (Å²) in [4.78, 5) is 11.8. The quantitative estimate of drug-likeness (QED) is 0.671. The van der Waals surface area contributed by atoms with Crippen LogP contribution in [-0.2, 0) is 0 Å². The Kier molecular flexibility index (Phi) is 3.10. The third-order valence-electron chi connectivity index (χ3n) is 2.79. The zero-order valence-corrected chi connectivity index (χ0v) is 10.1. The van der Waals surface area contributed by atoms with Gasteiger partial charge in [0.05, 0.1) is 0 Å². The van der Waals surface area contributed by atoms with Gasteiger partial charge in [-0.15, -0.1) is 0 Å². The number of hydrogen-bond acceptors (Lipinski definition) is 2. The highest BCUT2D eigenvalue weighted by Crippen LogP contribution is 2.34. The zero-order chi connectivity index (χ0) is 10.8. The van der Waals surface area contributed by atoms with E-state index in [0.29, 0.717) is 17.7 Å². The molecule has 1 fully saturated rings. The van der Waals surface area contributed by atoms with Crippen molar-refractivity contribution in [1.29, 1.82) is 0 Å². The lowest BCUT2D eigenvalue weighted by Gasteiger charge is -2.04. The van der Waals surface area contributed by atoms with E-state index in [1.807, 2.05) is 6.07 Å². The van der Waals surface area contributed by atoms with Crippen molar-refractivity contribution in [3.05, 3.63) is 28.2 Å². The van der Waals surface area contributed by atoms with Gasteiger partial charge in [-0.3, -0.25) is 4.79 Å². The molecule has 1 aromatic rings. The number of carbonyl (C=O) groups excluding carboxylic acids is 1. The minimum atomic E-state index is 0.173. The Morgan fingerprint density at radius 1 is 1.47 bits per heavy atom. The Labute approximate surface area is 98.0 Å². The summed E-state index contributed by atoms with van der Waals surface area (Å²) in [6.45, 7) is 0. The van der Waals surface area contributed by atoms with Crippen LogP contribution in [0.3, 0.4) is 0 Å². The van der Waals surface area contributed by atoms with E-state index < -0.39 is 0 Å². The predicted octanol–water partition coefficient (Wildman–Crippen LogP) is 3.40. The van der Waals surface area contributed by atoms with E-state index in [0.717, 1.165) is 16.8 Å². The summed E-state index contributed by atoms with van der Waals surface area (Å²) in [6, 6.07) is 5.44. The summed E-state index contributed by atoms with van der Waals surface area (Å²) >= 11 is 3.33. The van der Waals surface area contributed by atoms with Crippen molar-refractivity contribution in [3.63, 3.8) is 0 Å². The number of ketones is 1. The topological polar surface area (TPSA) is 43.1 Å². The summed E-state index contributed by atoms with van der Waals surface area (Å²) in [5.74, 6) is 0.970. The van der Waals surface area contributed by atoms with Crippen LogP contribution in [0.5, 0.6) is 0 Å². The molecule has 0 aliphatic heterocycles. The Hall–Kier alpha value is -0.830. The molecule has 0 radical (unpaired) electrons. The van der Waals surface area contributed by atoms with Crippen LogP contribution in [0.15, 0.2) is 22.7 Å². The second kappa shape index (κ2) is 4.35. The zero-order valence-electron chi connectivity index (χ0n) is 8.50. The lowest BCUT2D eigenvalue weighted by molar-refractivity contribution is 0.0979. The van der Waals surface area contributed by atoms with Gasteiger partial charge in [-0.1, -0.05) is 28.8 Å². The van der Waals surface area contributed by atoms with E-state index in [9.17, 15) is 4.79 Å². The van der Waals surface area contributed by atoms with Gasteiger partial charge in [-0.2, -0.15) is 0 Å². The fourth-order valence-electron chi connectivity index (χ4n) is 1.66.